The van der Waals surface area contributed by atoms with Crippen LogP contribution in [-0.2, 0) is 9.53 Å². The van der Waals surface area contributed by atoms with Crippen molar-refractivity contribution in [3.8, 4) is 0 Å². The Balaban J connectivity index is 3.13. The van der Waals surface area contributed by atoms with Crippen LogP contribution in [0.15, 0.2) is 18.2 Å². The maximum atomic E-state index is 11.6. The van der Waals surface area contributed by atoms with E-state index in [0.717, 1.165) is 5.56 Å². The Labute approximate surface area is 110 Å². The van der Waals surface area contributed by atoms with Gasteiger partial charge in [0.25, 0.3) is 0 Å². The van der Waals surface area contributed by atoms with Crippen molar-refractivity contribution in [2.45, 2.75) is 25.6 Å². The van der Waals surface area contributed by atoms with Gasteiger partial charge in [0.2, 0.25) is 5.91 Å². The van der Waals surface area contributed by atoms with Gasteiger partial charge in [0.15, 0.2) is 0 Å². The lowest BCUT2D eigenvalue weighted by atomic mass is 9.95. The molecule has 0 aliphatic heterocycles. The van der Waals surface area contributed by atoms with Crippen LogP contribution in [-0.4, -0.2) is 35.3 Å². The van der Waals surface area contributed by atoms with Gasteiger partial charge < -0.3 is 20.7 Å². The first-order valence-corrected chi connectivity index (χ1v) is 5.70. The van der Waals surface area contributed by atoms with Crippen molar-refractivity contribution in [1.29, 1.82) is 0 Å². The third-order valence-corrected chi connectivity index (χ3v) is 2.71. The molecule has 1 aromatic carbocycles. The van der Waals surface area contributed by atoms with Crippen molar-refractivity contribution in [1.82, 2.24) is 0 Å². The molecule has 0 saturated heterocycles. The molecule has 0 aromatic heterocycles. The van der Waals surface area contributed by atoms with Gasteiger partial charge in [0.1, 0.15) is 6.10 Å². The fourth-order valence-electron chi connectivity index (χ4n) is 1.75. The normalized spacial score (nSPS) is 13.7. The van der Waals surface area contributed by atoms with Crippen LogP contribution < -0.4 is 5.73 Å². The SMILES string of the molecule is COC(=O)c1ccc(C)cc1C(O)C(O)CC(N)=O. The van der Waals surface area contributed by atoms with E-state index in [1.54, 1.807) is 19.1 Å². The summed E-state index contributed by atoms with van der Waals surface area (Å²) in [4.78, 5) is 22.3. The number of ether oxygens (including phenoxy) is 1. The molecule has 0 aliphatic rings. The van der Waals surface area contributed by atoms with Crippen LogP contribution in [0, 0.1) is 6.92 Å². The highest BCUT2D eigenvalue weighted by Gasteiger charge is 2.25. The molecular weight excluding hydrogens is 250 g/mol. The second-order valence-corrected chi connectivity index (χ2v) is 4.26. The molecule has 0 radical (unpaired) electrons. The first kappa shape index (κ1) is 15.1. The molecular formula is C13H17NO5. The van der Waals surface area contributed by atoms with Gasteiger partial charge >= 0.3 is 5.97 Å². The summed E-state index contributed by atoms with van der Waals surface area (Å²) in [7, 11) is 1.22. The summed E-state index contributed by atoms with van der Waals surface area (Å²) >= 11 is 0. The molecule has 4 N–H and O–H groups in total. The topological polar surface area (TPSA) is 110 Å². The third-order valence-electron chi connectivity index (χ3n) is 2.71. The Morgan fingerprint density at radius 1 is 1.37 bits per heavy atom. The smallest absolute Gasteiger partial charge is 0.338 e. The monoisotopic (exact) mass is 267 g/mol. The molecule has 0 bridgehead atoms. The van der Waals surface area contributed by atoms with Gasteiger partial charge in [-0.2, -0.15) is 0 Å². The van der Waals surface area contributed by atoms with Crippen molar-refractivity contribution in [2.24, 2.45) is 5.73 Å². The molecule has 1 amide bonds. The van der Waals surface area contributed by atoms with Crippen molar-refractivity contribution < 1.29 is 24.5 Å². The first-order valence-electron chi connectivity index (χ1n) is 5.70. The number of aryl methyl sites for hydroxylation is 1. The quantitative estimate of drug-likeness (QED) is 0.653. The molecule has 1 rings (SSSR count). The number of hydrogen-bond acceptors (Lipinski definition) is 5. The Bertz CT molecular complexity index is 486. The predicted molar refractivity (Wildman–Crippen MR) is 67.3 cm³/mol. The minimum absolute atomic E-state index is 0.143. The van der Waals surface area contributed by atoms with Crippen molar-refractivity contribution in [3.63, 3.8) is 0 Å². The number of carbonyl (C=O) groups is 2. The minimum atomic E-state index is -1.39. The van der Waals surface area contributed by atoms with E-state index in [4.69, 9.17) is 5.73 Å². The van der Waals surface area contributed by atoms with Gasteiger partial charge in [-0.25, -0.2) is 4.79 Å². The standard InChI is InChI=1S/C13H17NO5/c1-7-3-4-8(13(18)19-2)9(5-7)12(17)10(15)6-11(14)16/h3-5,10,12,15,17H,6H2,1-2H3,(H2,14,16). The van der Waals surface area contributed by atoms with Crippen molar-refractivity contribution in [2.75, 3.05) is 7.11 Å². The van der Waals surface area contributed by atoms with Gasteiger partial charge in [-0.15, -0.1) is 0 Å². The number of rotatable bonds is 5. The van der Waals surface area contributed by atoms with Crippen LogP contribution in [0.2, 0.25) is 0 Å². The Kier molecular flexibility index (Phi) is 5.02. The number of hydrogen-bond donors (Lipinski definition) is 3. The van der Waals surface area contributed by atoms with Crippen LogP contribution in [0.1, 0.15) is 34.0 Å². The summed E-state index contributed by atoms with van der Waals surface area (Å²) in [5.41, 5.74) is 6.11. The molecule has 1 aromatic rings. The number of carbonyl (C=O) groups excluding carboxylic acids is 2. The Morgan fingerprint density at radius 3 is 2.53 bits per heavy atom. The summed E-state index contributed by atoms with van der Waals surface area (Å²) in [6.07, 6.45) is -3.15. The molecule has 0 spiro atoms. The molecule has 0 saturated carbocycles. The number of esters is 1. The fourth-order valence-corrected chi connectivity index (χ4v) is 1.75. The molecule has 2 unspecified atom stereocenters. The zero-order valence-electron chi connectivity index (χ0n) is 10.8. The Hall–Kier alpha value is -1.92. The van der Waals surface area contributed by atoms with Crippen molar-refractivity contribution >= 4 is 11.9 Å². The number of methoxy groups -OCH3 is 1. The molecule has 19 heavy (non-hydrogen) atoms. The highest BCUT2D eigenvalue weighted by Crippen LogP contribution is 2.24. The minimum Gasteiger partial charge on any atom is -0.465 e. The van der Waals surface area contributed by atoms with Crippen LogP contribution in [0.4, 0.5) is 0 Å². The third kappa shape index (κ3) is 3.77. The average molecular weight is 267 g/mol. The molecule has 6 heteroatoms. The fraction of sp³-hybridized carbons (Fsp3) is 0.385. The van der Waals surface area contributed by atoms with Crippen LogP contribution in [0.5, 0.6) is 0 Å². The van der Waals surface area contributed by atoms with E-state index in [0.29, 0.717) is 0 Å². The zero-order valence-corrected chi connectivity index (χ0v) is 10.8. The molecule has 2 atom stereocenters. The molecule has 0 heterocycles. The number of primary amides is 1. The second kappa shape index (κ2) is 6.31. The average Bonchev–Trinajstić information content (AvgIpc) is 2.36. The number of aliphatic hydroxyl groups is 2. The Morgan fingerprint density at radius 2 is 2.00 bits per heavy atom. The van der Waals surface area contributed by atoms with Gasteiger partial charge in [0, 0.05) is 0 Å². The van der Waals surface area contributed by atoms with E-state index in [1.807, 2.05) is 0 Å². The second-order valence-electron chi connectivity index (χ2n) is 4.26. The van der Waals surface area contributed by atoms with Gasteiger partial charge in [-0.1, -0.05) is 17.7 Å². The van der Waals surface area contributed by atoms with E-state index in [2.05, 4.69) is 4.74 Å². The lowest BCUT2D eigenvalue weighted by Crippen LogP contribution is -2.27. The number of aliphatic hydroxyl groups excluding tert-OH is 2. The van der Waals surface area contributed by atoms with E-state index in [1.165, 1.54) is 13.2 Å². The van der Waals surface area contributed by atoms with E-state index < -0.39 is 30.5 Å². The highest BCUT2D eigenvalue weighted by molar-refractivity contribution is 5.91. The lowest BCUT2D eigenvalue weighted by molar-refractivity contribution is -0.121. The summed E-state index contributed by atoms with van der Waals surface area (Å²) in [5, 5.41) is 19.7. The van der Waals surface area contributed by atoms with Crippen LogP contribution in [0.3, 0.4) is 0 Å². The molecule has 6 nitrogen and oxygen atoms in total. The van der Waals surface area contributed by atoms with Crippen LogP contribution >= 0.6 is 0 Å². The summed E-state index contributed by atoms with van der Waals surface area (Å²) in [6, 6.07) is 4.74. The van der Waals surface area contributed by atoms with Gasteiger partial charge in [-0.05, 0) is 18.6 Å². The van der Waals surface area contributed by atoms with E-state index in [-0.39, 0.29) is 11.1 Å². The number of benzene rings is 1. The van der Waals surface area contributed by atoms with Crippen LogP contribution in [0.25, 0.3) is 0 Å². The van der Waals surface area contributed by atoms with E-state index in [9.17, 15) is 19.8 Å². The largest absolute Gasteiger partial charge is 0.465 e. The summed E-state index contributed by atoms with van der Waals surface area (Å²) in [6.45, 7) is 1.78. The predicted octanol–water partition coefficient (Wildman–Crippen LogP) is 0.0513. The highest BCUT2D eigenvalue weighted by atomic mass is 16.5. The lowest BCUT2D eigenvalue weighted by Gasteiger charge is -2.19. The zero-order chi connectivity index (χ0) is 14.6. The van der Waals surface area contributed by atoms with E-state index >= 15 is 0 Å². The first-order chi connectivity index (χ1) is 8.86. The maximum absolute atomic E-state index is 11.6. The number of nitrogens with two attached hydrogens (primary N) is 1. The maximum Gasteiger partial charge on any atom is 0.338 e. The summed E-state index contributed by atoms with van der Waals surface area (Å²) in [5.74, 6) is -1.36. The van der Waals surface area contributed by atoms with Gasteiger partial charge in [0.05, 0.1) is 25.2 Å². The van der Waals surface area contributed by atoms with Crippen molar-refractivity contribution in [3.05, 3.63) is 34.9 Å². The molecule has 0 fully saturated rings. The molecule has 0 aliphatic carbocycles. The molecule has 104 valence electrons. The van der Waals surface area contributed by atoms with Gasteiger partial charge in [-0.3, -0.25) is 4.79 Å². The summed E-state index contributed by atoms with van der Waals surface area (Å²) < 4.78 is 4.60. The number of amides is 1.